The molecule has 1 saturated carbocycles. The topological polar surface area (TPSA) is 64.4 Å². The zero-order chi connectivity index (χ0) is 24.1. The summed E-state index contributed by atoms with van der Waals surface area (Å²) in [6.45, 7) is 1.23. The van der Waals surface area contributed by atoms with Gasteiger partial charge in [0.15, 0.2) is 10.9 Å². The van der Waals surface area contributed by atoms with E-state index in [1.54, 1.807) is 0 Å². The molecule has 1 amide bonds. The van der Waals surface area contributed by atoms with Gasteiger partial charge in [0.25, 0.3) is 5.91 Å². The van der Waals surface area contributed by atoms with Crippen molar-refractivity contribution in [3.8, 4) is 6.07 Å². The predicted octanol–water partition coefficient (Wildman–Crippen LogP) is 5.37. The quantitative estimate of drug-likeness (QED) is 0.339. The maximum atomic E-state index is 14.6. The molecule has 0 aromatic heterocycles. The number of nitrogens with zero attached hydrogens (tertiary/aromatic N) is 3. The zero-order valence-electron chi connectivity index (χ0n) is 17.4. The average molecular weight is 475 g/mol. The molecule has 0 atom stereocenters. The van der Waals surface area contributed by atoms with Crippen molar-refractivity contribution in [1.29, 1.82) is 5.26 Å². The van der Waals surface area contributed by atoms with E-state index in [0.717, 1.165) is 23.1 Å². The Morgan fingerprint density at radius 3 is 2.30 bits per heavy atom. The number of halogens is 4. The van der Waals surface area contributed by atoms with Gasteiger partial charge in [-0.25, -0.2) is 4.39 Å². The molecule has 0 bridgehead atoms. The lowest BCUT2D eigenvalue weighted by Gasteiger charge is -2.32. The lowest BCUT2D eigenvalue weighted by atomic mass is 9.94. The highest BCUT2D eigenvalue weighted by molar-refractivity contribution is 7.81. The van der Waals surface area contributed by atoms with Crippen LogP contribution in [0.4, 0.5) is 28.9 Å². The van der Waals surface area contributed by atoms with E-state index < -0.39 is 40.3 Å². The van der Waals surface area contributed by atoms with Crippen LogP contribution in [0.1, 0.15) is 54.1 Å². The number of amides is 1. The van der Waals surface area contributed by atoms with E-state index >= 15 is 0 Å². The molecule has 2 aromatic rings. The van der Waals surface area contributed by atoms with Gasteiger partial charge in [0.1, 0.15) is 11.4 Å². The number of hydrogen-bond acceptors (Lipinski definition) is 4. The number of Topliss-reactive ketones (excluding diaryl/α,β-unsaturated/α-hetero) is 1. The largest absolute Gasteiger partial charge is 0.417 e. The molecule has 5 nitrogen and oxygen atoms in total. The van der Waals surface area contributed by atoms with Crippen molar-refractivity contribution < 1.29 is 27.2 Å². The monoisotopic (exact) mass is 475 g/mol. The molecular formula is C23H17F4N3O2S. The van der Waals surface area contributed by atoms with Crippen LogP contribution >= 0.6 is 12.2 Å². The molecule has 4 rings (SSSR count). The molecule has 10 heteroatoms. The number of alkyl halides is 3. The summed E-state index contributed by atoms with van der Waals surface area (Å²) in [6, 6.07) is 8.37. The van der Waals surface area contributed by atoms with Gasteiger partial charge in [-0.2, -0.15) is 18.4 Å². The van der Waals surface area contributed by atoms with Gasteiger partial charge in [-0.3, -0.25) is 14.5 Å². The van der Waals surface area contributed by atoms with Crippen LogP contribution in [0.2, 0.25) is 0 Å². The summed E-state index contributed by atoms with van der Waals surface area (Å²) in [7, 11) is 0. The molecule has 0 radical (unpaired) electrons. The standard InChI is InChI=1S/C23H17F4N3O2S/c1-13(31)17-7-6-16(11-19(17)24)30-21(33)29(20(32)22(30)8-2-3-9-22)15-5-4-14(12-28)18(10-15)23(25,26)27/h4-7,10-11H,2-3,8-9H2,1H3. The molecule has 0 unspecified atom stereocenters. The van der Waals surface area contributed by atoms with Crippen LogP contribution in [0, 0.1) is 17.1 Å². The average Bonchev–Trinajstić information content (AvgIpc) is 3.31. The fraction of sp³-hybridized carbons (Fsp3) is 0.304. The van der Waals surface area contributed by atoms with Crippen molar-refractivity contribution in [2.75, 3.05) is 9.80 Å². The van der Waals surface area contributed by atoms with Crippen molar-refractivity contribution in [2.24, 2.45) is 0 Å². The molecular weight excluding hydrogens is 458 g/mol. The Kier molecular flexibility index (Phi) is 5.48. The van der Waals surface area contributed by atoms with E-state index in [1.165, 1.54) is 36.1 Å². The molecule has 2 aromatic carbocycles. The first-order valence-electron chi connectivity index (χ1n) is 10.1. The number of anilines is 2. The van der Waals surface area contributed by atoms with Gasteiger partial charge in [0.05, 0.1) is 28.4 Å². The van der Waals surface area contributed by atoms with Crippen LogP contribution in [0.15, 0.2) is 36.4 Å². The highest BCUT2D eigenvalue weighted by atomic mass is 32.1. The molecule has 1 spiro atoms. The van der Waals surface area contributed by atoms with Gasteiger partial charge < -0.3 is 4.90 Å². The minimum Gasteiger partial charge on any atom is -0.303 e. The Bertz CT molecular complexity index is 1230. The summed E-state index contributed by atoms with van der Waals surface area (Å²) >= 11 is 5.53. The van der Waals surface area contributed by atoms with E-state index in [4.69, 9.17) is 17.5 Å². The Labute approximate surface area is 192 Å². The summed E-state index contributed by atoms with van der Waals surface area (Å²) < 4.78 is 55.1. The first-order valence-corrected chi connectivity index (χ1v) is 10.5. The van der Waals surface area contributed by atoms with E-state index in [0.29, 0.717) is 25.7 Å². The van der Waals surface area contributed by atoms with Crippen LogP contribution < -0.4 is 9.80 Å². The third-order valence-corrected chi connectivity index (χ3v) is 6.49. The van der Waals surface area contributed by atoms with Crippen LogP contribution in [-0.2, 0) is 11.0 Å². The summed E-state index contributed by atoms with van der Waals surface area (Å²) in [6.07, 6.45) is -2.65. The van der Waals surface area contributed by atoms with Crippen molar-refractivity contribution in [2.45, 2.75) is 44.3 Å². The van der Waals surface area contributed by atoms with E-state index in [1.807, 2.05) is 0 Å². The summed E-state index contributed by atoms with van der Waals surface area (Å²) in [4.78, 5) is 27.7. The Balaban J connectivity index is 1.85. The van der Waals surface area contributed by atoms with Crippen LogP contribution in [-0.4, -0.2) is 22.3 Å². The third kappa shape index (κ3) is 3.56. The van der Waals surface area contributed by atoms with E-state index in [2.05, 4.69) is 0 Å². The Hall–Kier alpha value is -3.32. The van der Waals surface area contributed by atoms with Crippen LogP contribution in [0.25, 0.3) is 0 Å². The van der Waals surface area contributed by atoms with Crippen molar-refractivity contribution in [1.82, 2.24) is 0 Å². The number of benzene rings is 2. The fourth-order valence-electron chi connectivity index (χ4n) is 4.59. The molecule has 1 heterocycles. The number of carbonyl (C=O) groups is 2. The zero-order valence-corrected chi connectivity index (χ0v) is 18.2. The highest BCUT2D eigenvalue weighted by Gasteiger charge is 2.57. The first kappa shape index (κ1) is 22.9. The maximum absolute atomic E-state index is 14.6. The second kappa shape index (κ2) is 7.92. The van der Waals surface area contributed by atoms with Gasteiger partial charge in [0, 0.05) is 5.69 Å². The van der Waals surface area contributed by atoms with Crippen molar-refractivity contribution in [3.05, 3.63) is 58.9 Å². The SMILES string of the molecule is CC(=O)c1ccc(N2C(=S)N(c3ccc(C#N)c(C(F)(F)F)c3)C(=O)C23CCCC3)cc1F. The molecule has 170 valence electrons. The molecule has 2 aliphatic rings. The molecule has 33 heavy (non-hydrogen) atoms. The third-order valence-electron chi connectivity index (χ3n) is 6.12. The van der Waals surface area contributed by atoms with E-state index in [-0.39, 0.29) is 22.1 Å². The molecule has 1 aliphatic heterocycles. The lowest BCUT2D eigenvalue weighted by Crippen LogP contribution is -2.47. The van der Waals surface area contributed by atoms with Crippen LogP contribution in [0.5, 0.6) is 0 Å². The molecule has 2 fully saturated rings. The maximum Gasteiger partial charge on any atom is 0.417 e. The van der Waals surface area contributed by atoms with E-state index in [9.17, 15) is 27.2 Å². The molecule has 1 saturated heterocycles. The van der Waals surface area contributed by atoms with Crippen molar-refractivity contribution in [3.63, 3.8) is 0 Å². The van der Waals surface area contributed by atoms with Crippen LogP contribution in [0.3, 0.4) is 0 Å². The molecule has 0 N–H and O–H groups in total. The number of hydrogen-bond donors (Lipinski definition) is 0. The summed E-state index contributed by atoms with van der Waals surface area (Å²) in [5.74, 6) is -1.74. The fourth-order valence-corrected chi connectivity index (χ4v) is 5.06. The second-order valence-electron chi connectivity index (χ2n) is 8.06. The normalized spacial score (nSPS) is 17.7. The lowest BCUT2D eigenvalue weighted by molar-refractivity contribution is -0.137. The summed E-state index contributed by atoms with van der Waals surface area (Å²) in [5, 5.41) is 8.98. The number of rotatable bonds is 3. The van der Waals surface area contributed by atoms with Gasteiger partial charge in [-0.15, -0.1) is 0 Å². The molecule has 1 aliphatic carbocycles. The minimum absolute atomic E-state index is 0.0882. The minimum atomic E-state index is -4.80. The van der Waals surface area contributed by atoms with Crippen molar-refractivity contribution >= 4 is 40.4 Å². The first-order chi connectivity index (χ1) is 15.5. The second-order valence-corrected chi connectivity index (χ2v) is 8.42. The van der Waals surface area contributed by atoms with Gasteiger partial charge in [0.2, 0.25) is 0 Å². The number of nitriles is 1. The number of thiocarbonyl (C=S) groups is 1. The number of ketones is 1. The van der Waals surface area contributed by atoms with Gasteiger partial charge >= 0.3 is 6.18 Å². The Morgan fingerprint density at radius 1 is 1.12 bits per heavy atom. The predicted molar refractivity (Wildman–Crippen MR) is 116 cm³/mol. The van der Waals surface area contributed by atoms with Gasteiger partial charge in [-0.05, 0) is 68.4 Å². The highest BCUT2D eigenvalue weighted by Crippen LogP contribution is 2.46. The van der Waals surface area contributed by atoms with Gasteiger partial charge in [-0.1, -0.05) is 12.8 Å². The summed E-state index contributed by atoms with van der Waals surface area (Å²) in [5.41, 5.74) is -2.90. The Morgan fingerprint density at radius 2 is 1.76 bits per heavy atom. The smallest absolute Gasteiger partial charge is 0.303 e. The number of carbonyl (C=O) groups excluding carboxylic acids is 2.